The highest BCUT2D eigenvalue weighted by Crippen LogP contribution is 2.44. The Labute approximate surface area is 199 Å². The number of rotatable bonds is 3. The summed E-state index contributed by atoms with van der Waals surface area (Å²) in [4.78, 5) is 15.3. The topological polar surface area (TPSA) is 50.8 Å². The summed E-state index contributed by atoms with van der Waals surface area (Å²) in [6, 6.07) is 11.4. The van der Waals surface area contributed by atoms with Gasteiger partial charge in [0.1, 0.15) is 11.9 Å². The van der Waals surface area contributed by atoms with Crippen molar-refractivity contribution in [3.8, 4) is 16.9 Å². The number of fused-ring (bicyclic) bond motifs is 4. The van der Waals surface area contributed by atoms with Crippen LogP contribution in [0.25, 0.3) is 11.1 Å². The van der Waals surface area contributed by atoms with Crippen LogP contribution in [0.15, 0.2) is 36.4 Å². The first kappa shape index (κ1) is 21.9. The van der Waals surface area contributed by atoms with Gasteiger partial charge in [0.15, 0.2) is 0 Å². The summed E-state index contributed by atoms with van der Waals surface area (Å²) < 4.78 is 12.0. The lowest BCUT2D eigenvalue weighted by Gasteiger charge is -2.44. The number of hydrogen-bond donors (Lipinski definition) is 1. The van der Waals surface area contributed by atoms with Gasteiger partial charge in [0.2, 0.25) is 0 Å². The van der Waals surface area contributed by atoms with E-state index in [0.29, 0.717) is 22.6 Å². The van der Waals surface area contributed by atoms with E-state index in [1.807, 2.05) is 30.3 Å². The van der Waals surface area contributed by atoms with Gasteiger partial charge in [-0.2, -0.15) is 0 Å². The number of piperidine rings is 3. The number of amides is 1. The van der Waals surface area contributed by atoms with E-state index in [0.717, 1.165) is 54.9 Å². The predicted octanol–water partition coefficient (Wildman–Crippen LogP) is 5.94. The van der Waals surface area contributed by atoms with Crippen molar-refractivity contribution < 1.29 is 14.3 Å². The third-order valence-electron chi connectivity index (χ3n) is 7.08. The molecule has 6 rings (SSSR count). The van der Waals surface area contributed by atoms with Crippen LogP contribution in [0.4, 0.5) is 4.79 Å². The van der Waals surface area contributed by atoms with Crippen molar-refractivity contribution in [2.24, 2.45) is 11.3 Å². The molecule has 0 radical (unpaired) electrons. The van der Waals surface area contributed by atoms with Gasteiger partial charge in [0.25, 0.3) is 0 Å². The molecule has 2 bridgehead atoms. The largest absolute Gasteiger partial charge is 0.493 e. The van der Waals surface area contributed by atoms with Gasteiger partial charge >= 0.3 is 6.09 Å². The van der Waals surface area contributed by atoms with Crippen LogP contribution >= 0.6 is 23.2 Å². The Morgan fingerprint density at radius 2 is 1.81 bits per heavy atom. The number of carbonyl (C=O) groups excluding carboxylic acids is 1. The lowest BCUT2D eigenvalue weighted by molar-refractivity contribution is -0.0361. The SMILES string of the molecule is CC1(C)COc2cc(-c3ccc(Cl)c(Cl)c3)ccc2C1NC(=O)O[C@H]1CN2CCC1CC2. The van der Waals surface area contributed by atoms with Gasteiger partial charge in [-0.25, -0.2) is 4.79 Å². The lowest BCUT2D eigenvalue weighted by atomic mass is 9.78. The number of ether oxygens (including phenoxy) is 2. The van der Waals surface area contributed by atoms with E-state index >= 15 is 0 Å². The first-order chi connectivity index (χ1) is 15.3. The molecule has 0 saturated carbocycles. The molecule has 3 saturated heterocycles. The van der Waals surface area contributed by atoms with Gasteiger partial charge in [-0.15, -0.1) is 0 Å². The molecule has 0 aromatic heterocycles. The van der Waals surface area contributed by atoms with Crippen LogP contribution in [0.3, 0.4) is 0 Å². The molecular weight excluding hydrogens is 447 g/mol. The van der Waals surface area contributed by atoms with Gasteiger partial charge in [-0.3, -0.25) is 4.90 Å². The van der Waals surface area contributed by atoms with Crippen LogP contribution in [0.5, 0.6) is 5.75 Å². The van der Waals surface area contributed by atoms with Crippen LogP contribution in [-0.4, -0.2) is 43.3 Å². The van der Waals surface area contributed by atoms with E-state index in [2.05, 4.69) is 24.1 Å². The summed E-state index contributed by atoms with van der Waals surface area (Å²) in [7, 11) is 0. The zero-order valence-corrected chi connectivity index (χ0v) is 19.9. The summed E-state index contributed by atoms with van der Waals surface area (Å²) >= 11 is 12.3. The minimum atomic E-state index is -0.344. The molecule has 1 amide bonds. The van der Waals surface area contributed by atoms with Gasteiger partial charge in [0, 0.05) is 17.5 Å². The maximum Gasteiger partial charge on any atom is 0.407 e. The number of nitrogens with one attached hydrogen (secondary N) is 1. The van der Waals surface area contributed by atoms with Crippen molar-refractivity contribution in [2.45, 2.75) is 38.8 Å². The number of hydrogen-bond acceptors (Lipinski definition) is 4. The van der Waals surface area contributed by atoms with Gasteiger partial charge in [0.05, 0.1) is 22.7 Å². The average Bonchev–Trinajstić information content (AvgIpc) is 2.78. The molecule has 3 fully saturated rings. The third kappa shape index (κ3) is 4.18. The van der Waals surface area contributed by atoms with Gasteiger partial charge in [-0.05, 0) is 61.2 Å². The molecule has 32 heavy (non-hydrogen) atoms. The third-order valence-corrected chi connectivity index (χ3v) is 7.81. The Morgan fingerprint density at radius 3 is 2.50 bits per heavy atom. The van der Waals surface area contributed by atoms with Crippen molar-refractivity contribution in [2.75, 3.05) is 26.2 Å². The standard InChI is InChI=1S/C25H28Cl2N2O3/c1-25(2)14-31-21-12-17(16-4-6-19(26)20(27)11-16)3-5-18(21)23(25)28-24(30)32-22-13-29-9-7-15(22)8-10-29/h3-6,11-12,15,22-23H,7-10,13-14H2,1-2H3,(H,28,30)/t22-,23?/m0/s1. The van der Waals surface area contributed by atoms with Crippen LogP contribution in [-0.2, 0) is 4.74 Å². The summed E-state index contributed by atoms with van der Waals surface area (Å²) in [6.45, 7) is 7.78. The Morgan fingerprint density at radius 1 is 1.09 bits per heavy atom. The Balaban J connectivity index is 1.36. The van der Waals surface area contributed by atoms with Crippen molar-refractivity contribution in [1.82, 2.24) is 10.2 Å². The fourth-order valence-electron chi connectivity index (χ4n) is 5.13. The highest BCUT2D eigenvalue weighted by Gasteiger charge is 2.41. The first-order valence-corrected chi connectivity index (χ1v) is 12.0. The van der Waals surface area contributed by atoms with Crippen molar-refractivity contribution in [1.29, 1.82) is 0 Å². The Hall–Kier alpha value is -1.95. The molecule has 0 aliphatic carbocycles. The summed E-state index contributed by atoms with van der Waals surface area (Å²) in [6.07, 6.45) is 1.86. The number of carbonyl (C=O) groups is 1. The Bertz CT molecular complexity index is 1030. The predicted molar refractivity (Wildman–Crippen MR) is 126 cm³/mol. The van der Waals surface area contributed by atoms with Crippen LogP contribution in [0, 0.1) is 11.3 Å². The van der Waals surface area contributed by atoms with Crippen LogP contribution < -0.4 is 10.1 Å². The molecule has 7 heteroatoms. The number of alkyl carbamates (subject to hydrolysis) is 1. The molecule has 2 atom stereocenters. The van der Waals surface area contributed by atoms with E-state index in [9.17, 15) is 4.79 Å². The second-order valence-corrected chi connectivity index (χ2v) is 10.6. The molecule has 1 unspecified atom stereocenters. The molecule has 2 aromatic rings. The van der Waals surface area contributed by atoms with Crippen molar-refractivity contribution in [3.05, 3.63) is 52.0 Å². The molecule has 1 N–H and O–H groups in total. The molecule has 0 spiro atoms. The maximum atomic E-state index is 12.9. The molecular formula is C25H28Cl2N2O3. The molecule has 4 heterocycles. The lowest BCUT2D eigenvalue weighted by Crippen LogP contribution is -2.53. The average molecular weight is 475 g/mol. The van der Waals surface area contributed by atoms with Crippen LogP contribution in [0.2, 0.25) is 10.0 Å². The molecule has 4 aliphatic rings. The molecule has 5 nitrogen and oxygen atoms in total. The smallest absolute Gasteiger partial charge is 0.407 e. The van der Waals surface area contributed by atoms with E-state index in [1.54, 1.807) is 6.07 Å². The highest BCUT2D eigenvalue weighted by atomic mass is 35.5. The number of halogens is 2. The number of nitrogens with zero attached hydrogens (tertiary/aromatic N) is 1. The summed E-state index contributed by atoms with van der Waals surface area (Å²) in [5.74, 6) is 1.25. The zero-order valence-electron chi connectivity index (χ0n) is 18.4. The molecule has 4 aliphatic heterocycles. The van der Waals surface area contributed by atoms with Crippen LogP contribution in [0.1, 0.15) is 38.3 Å². The minimum absolute atomic E-state index is 0.0167. The molecule has 2 aromatic carbocycles. The normalized spacial score (nSPS) is 27.9. The Kier molecular flexibility index (Phi) is 5.77. The quantitative estimate of drug-likeness (QED) is 0.597. The van der Waals surface area contributed by atoms with E-state index in [-0.39, 0.29) is 23.7 Å². The fourth-order valence-corrected chi connectivity index (χ4v) is 5.43. The van der Waals surface area contributed by atoms with Gasteiger partial charge in [-0.1, -0.05) is 55.2 Å². The summed E-state index contributed by atoms with van der Waals surface area (Å²) in [5, 5.41) is 4.19. The second-order valence-electron chi connectivity index (χ2n) is 9.82. The van der Waals surface area contributed by atoms with Gasteiger partial charge < -0.3 is 14.8 Å². The highest BCUT2D eigenvalue weighted by molar-refractivity contribution is 6.42. The van der Waals surface area contributed by atoms with E-state index in [4.69, 9.17) is 32.7 Å². The summed E-state index contributed by atoms with van der Waals surface area (Å²) in [5.41, 5.74) is 2.63. The first-order valence-electron chi connectivity index (χ1n) is 11.2. The second kappa shape index (κ2) is 8.44. The van der Waals surface area contributed by atoms with Crippen molar-refractivity contribution >= 4 is 29.3 Å². The number of benzene rings is 2. The maximum absolute atomic E-state index is 12.9. The minimum Gasteiger partial charge on any atom is -0.493 e. The van der Waals surface area contributed by atoms with Crippen molar-refractivity contribution in [3.63, 3.8) is 0 Å². The monoisotopic (exact) mass is 474 g/mol. The van der Waals surface area contributed by atoms with E-state index < -0.39 is 0 Å². The zero-order chi connectivity index (χ0) is 22.5. The fraction of sp³-hybridized carbons (Fsp3) is 0.480. The van der Waals surface area contributed by atoms with E-state index in [1.165, 1.54) is 0 Å². The molecule has 170 valence electrons.